The summed E-state index contributed by atoms with van der Waals surface area (Å²) in [5, 5.41) is 6.19. The van der Waals surface area contributed by atoms with Gasteiger partial charge < -0.3 is 10.6 Å². The van der Waals surface area contributed by atoms with Gasteiger partial charge >= 0.3 is 0 Å². The SMILES string of the molecule is Nc1[nH]ncc1C(=O)N1CC2C(F)(F)C2(c2ccccc2)C1. The lowest BCUT2D eigenvalue weighted by Crippen LogP contribution is -2.37. The van der Waals surface area contributed by atoms with Crippen LogP contribution in [0.25, 0.3) is 0 Å². The average molecular weight is 304 g/mol. The number of alkyl halides is 2. The summed E-state index contributed by atoms with van der Waals surface area (Å²) in [6.45, 7) is 0.0312. The highest BCUT2D eigenvalue weighted by Gasteiger charge is 2.84. The van der Waals surface area contributed by atoms with Crippen LogP contribution in [0.1, 0.15) is 15.9 Å². The van der Waals surface area contributed by atoms with Crippen LogP contribution in [0.2, 0.25) is 0 Å². The highest BCUT2D eigenvalue weighted by Crippen LogP contribution is 2.70. The van der Waals surface area contributed by atoms with Gasteiger partial charge in [-0.15, -0.1) is 0 Å². The fourth-order valence-electron chi connectivity index (χ4n) is 3.62. The van der Waals surface area contributed by atoms with E-state index in [2.05, 4.69) is 10.2 Å². The monoisotopic (exact) mass is 304 g/mol. The molecule has 22 heavy (non-hydrogen) atoms. The van der Waals surface area contributed by atoms with Gasteiger partial charge in [0.15, 0.2) is 0 Å². The lowest BCUT2D eigenvalue weighted by molar-refractivity contribution is 0.0394. The van der Waals surface area contributed by atoms with Gasteiger partial charge in [0, 0.05) is 13.1 Å². The van der Waals surface area contributed by atoms with Crippen molar-refractivity contribution in [2.45, 2.75) is 11.3 Å². The smallest absolute Gasteiger partial charge is 0.265 e. The number of nitrogens with two attached hydrogens (primary N) is 1. The summed E-state index contributed by atoms with van der Waals surface area (Å²) in [5.41, 5.74) is 5.19. The van der Waals surface area contributed by atoms with Crippen LogP contribution in [0.4, 0.5) is 14.6 Å². The number of amides is 1. The van der Waals surface area contributed by atoms with Crippen LogP contribution in [0.3, 0.4) is 0 Å². The third kappa shape index (κ3) is 1.45. The molecule has 1 saturated carbocycles. The van der Waals surface area contributed by atoms with Crippen molar-refractivity contribution in [3.05, 3.63) is 47.7 Å². The third-order valence-electron chi connectivity index (χ3n) is 4.86. The molecule has 2 fully saturated rings. The molecule has 2 unspecified atom stereocenters. The second kappa shape index (κ2) is 4.06. The number of nitrogen functional groups attached to an aromatic ring is 1. The zero-order valence-electron chi connectivity index (χ0n) is 11.6. The molecular weight excluding hydrogens is 290 g/mol. The summed E-state index contributed by atoms with van der Waals surface area (Å²) in [7, 11) is 0. The Hall–Kier alpha value is -2.44. The number of fused-ring (bicyclic) bond motifs is 1. The van der Waals surface area contributed by atoms with Crippen molar-refractivity contribution in [3.63, 3.8) is 0 Å². The molecule has 3 N–H and O–H groups in total. The van der Waals surface area contributed by atoms with E-state index in [9.17, 15) is 13.6 Å². The minimum absolute atomic E-state index is 0.00185. The van der Waals surface area contributed by atoms with E-state index >= 15 is 0 Å². The summed E-state index contributed by atoms with van der Waals surface area (Å²) in [6, 6.07) is 8.68. The first-order chi connectivity index (χ1) is 10.5. The molecule has 1 aromatic carbocycles. The fraction of sp³-hybridized carbons (Fsp3) is 0.333. The van der Waals surface area contributed by atoms with Gasteiger partial charge in [0.05, 0.1) is 17.5 Å². The number of anilines is 1. The van der Waals surface area contributed by atoms with Gasteiger partial charge in [-0.1, -0.05) is 30.3 Å². The Labute approximate surface area is 125 Å². The normalized spacial score (nSPS) is 28.5. The second-order valence-electron chi connectivity index (χ2n) is 5.90. The van der Waals surface area contributed by atoms with Crippen LogP contribution >= 0.6 is 0 Å². The lowest BCUT2D eigenvalue weighted by Gasteiger charge is -2.23. The molecule has 1 saturated heterocycles. The van der Waals surface area contributed by atoms with Gasteiger partial charge in [0.2, 0.25) is 0 Å². The Balaban J connectivity index is 1.65. The number of nitrogens with one attached hydrogen (secondary N) is 1. The maximum absolute atomic E-state index is 14.3. The largest absolute Gasteiger partial charge is 0.383 e. The maximum Gasteiger partial charge on any atom is 0.265 e. The highest BCUT2D eigenvalue weighted by atomic mass is 19.3. The summed E-state index contributed by atoms with van der Waals surface area (Å²) in [4.78, 5) is 13.9. The molecule has 0 radical (unpaired) electrons. The van der Waals surface area contributed by atoms with E-state index in [1.165, 1.54) is 11.1 Å². The summed E-state index contributed by atoms with van der Waals surface area (Å²) >= 11 is 0. The van der Waals surface area contributed by atoms with E-state index in [0.717, 1.165) is 0 Å². The number of likely N-dealkylation sites (tertiary alicyclic amines) is 1. The summed E-state index contributed by atoms with van der Waals surface area (Å²) in [5.74, 6) is -3.80. The minimum atomic E-state index is -2.77. The third-order valence-corrected chi connectivity index (χ3v) is 4.86. The van der Waals surface area contributed by atoms with E-state index in [0.29, 0.717) is 5.56 Å². The van der Waals surface area contributed by atoms with Gasteiger partial charge in [0.1, 0.15) is 11.4 Å². The molecule has 2 aromatic rings. The molecule has 1 amide bonds. The summed E-state index contributed by atoms with van der Waals surface area (Å²) in [6.07, 6.45) is 1.33. The Bertz CT molecular complexity index is 745. The van der Waals surface area contributed by atoms with Gasteiger partial charge in [-0.05, 0) is 5.56 Å². The number of hydrogen-bond donors (Lipinski definition) is 2. The number of H-pyrrole nitrogens is 1. The van der Waals surface area contributed by atoms with Crippen molar-refractivity contribution in [3.8, 4) is 0 Å². The Morgan fingerprint density at radius 2 is 2.09 bits per heavy atom. The number of aromatic nitrogens is 2. The molecule has 4 rings (SSSR count). The van der Waals surface area contributed by atoms with Gasteiger partial charge in [0.25, 0.3) is 11.8 Å². The number of carbonyl (C=O) groups excluding carboxylic acids is 1. The number of piperidine rings is 1. The molecule has 2 heterocycles. The predicted octanol–water partition coefficient (Wildman–Crippen LogP) is 1.65. The molecule has 1 aliphatic heterocycles. The standard InChI is InChI=1S/C15H14F2N4O/c16-15(17)11-7-21(13(22)10-6-19-20-12(10)18)8-14(11,15)9-4-2-1-3-5-9/h1-6,11H,7-8H2,(H3,18,19,20). The predicted molar refractivity (Wildman–Crippen MR) is 75.5 cm³/mol. The molecule has 2 atom stereocenters. The van der Waals surface area contributed by atoms with Crippen LogP contribution in [-0.4, -0.2) is 40.0 Å². The number of hydrogen-bond acceptors (Lipinski definition) is 3. The number of benzene rings is 1. The Morgan fingerprint density at radius 1 is 1.36 bits per heavy atom. The van der Waals surface area contributed by atoms with E-state index < -0.39 is 17.3 Å². The number of carbonyl (C=O) groups is 1. The van der Waals surface area contributed by atoms with E-state index in [4.69, 9.17) is 5.73 Å². The molecule has 1 aromatic heterocycles. The number of rotatable bonds is 2. The van der Waals surface area contributed by atoms with Crippen molar-refractivity contribution in [2.75, 3.05) is 18.8 Å². The van der Waals surface area contributed by atoms with Crippen molar-refractivity contribution in [2.24, 2.45) is 5.92 Å². The fourth-order valence-corrected chi connectivity index (χ4v) is 3.62. The maximum atomic E-state index is 14.3. The Kier molecular flexibility index (Phi) is 2.44. The lowest BCUT2D eigenvalue weighted by atomic mass is 9.94. The first kappa shape index (κ1) is 13.2. The van der Waals surface area contributed by atoms with Crippen molar-refractivity contribution >= 4 is 11.7 Å². The molecule has 114 valence electrons. The van der Waals surface area contributed by atoms with Crippen LogP contribution in [-0.2, 0) is 5.41 Å². The first-order valence-corrected chi connectivity index (χ1v) is 7.00. The van der Waals surface area contributed by atoms with Crippen molar-refractivity contribution in [1.82, 2.24) is 15.1 Å². The van der Waals surface area contributed by atoms with E-state index in [-0.39, 0.29) is 30.4 Å². The van der Waals surface area contributed by atoms with Crippen molar-refractivity contribution in [1.29, 1.82) is 0 Å². The van der Waals surface area contributed by atoms with Gasteiger partial charge in [-0.3, -0.25) is 9.89 Å². The summed E-state index contributed by atoms with van der Waals surface area (Å²) < 4.78 is 28.5. The number of aromatic amines is 1. The highest BCUT2D eigenvalue weighted by molar-refractivity contribution is 5.98. The molecule has 5 nitrogen and oxygen atoms in total. The average Bonchev–Trinajstić information content (AvgIpc) is 2.93. The molecule has 2 aliphatic rings. The molecule has 0 bridgehead atoms. The van der Waals surface area contributed by atoms with Crippen LogP contribution in [0, 0.1) is 5.92 Å². The quantitative estimate of drug-likeness (QED) is 0.886. The number of halogens is 2. The minimum Gasteiger partial charge on any atom is -0.383 e. The molecule has 7 heteroatoms. The topological polar surface area (TPSA) is 75.0 Å². The van der Waals surface area contributed by atoms with Crippen LogP contribution in [0.5, 0.6) is 0 Å². The zero-order chi connectivity index (χ0) is 15.5. The van der Waals surface area contributed by atoms with Gasteiger partial charge in [-0.25, -0.2) is 8.78 Å². The molecular formula is C15H14F2N4O. The second-order valence-corrected chi connectivity index (χ2v) is 5.90. The zero-order valence-corrected chi connectivity index (χ0v) is 11.6. The van der Waals surface area contributed by atoms with Crippen LogP contribution < -0.4 is 5.73 Å². The first-order valence-electron chi connectivity index (χ1n) is 7.00. The molecule has 1 aliphatic carbocycles. The van der Waals surface area contributed by atoms with Crippen molar-refractivity contribution < 1.29 is 13.6 Å². The Morgan fingerprint density at radius 3 is 2.73 bits per heavy atom. The van der Waals surface area contributed by atoms with Crippen LogP contribution in [0.15, 0.2) is 36.5 Å². The molecule has 0 spiro atoms. The van der Waals surface area contributed by atoms with E-state index in [1.54, 1.807) is 30.3 Å². The van der Waals surface area contributed by atoms with Gasteiger partial charge in [-0.2, -0.15) is 5.10 Å². The van der Waals surface area contributed by atoms with E-state index in [1.807, 2.05) is 0 Å². The number of nitrogens with zero attached hydrogens (tertiary/aromatic N) is 2.